The van der Waals surface area contributed by atoms with Crippen molar-refractivity contribution in [2.24, 2.45) is 0 Å². The van der Waals surface area contributed by atoms with Crippen molar-refractivity contribution in [2.45, 2.75) is 25.8 Å². The van der Waals surface area contributed by atoms with E-state index < -0.39 is 0 Å². The molecule has 1 saturated heterocycles. The second-order valence-electron chi connectivity index (χ2n) is 4.97. The standard InChI is InChI=1S/C15H22N2O2/c1-19-10-7-15(18)16-14-6-4-5-13(11-14)12-17-8-2-3-9-17/h4-6,11H,2-3,7-10,12H2,1H3,(H,16,18). The summed E-state index contributed by atoms with van der Waals surface area (Å²) in [5.41, 5.74) is 2.13. The number of rotatable bonds is 6. The van der Waals surface area contributed by atoms with Crippen LogP contribution in [-0.4, -0.2) is 37.6 Å². The van der Waals surface area contributed by atoms with E-state index in [0.717, 1.165) is 12.2 Å². The molecule has 1 aromatic rings. The zero-order valence-electron chi connectivity index (χ0n) is 11.5. The van der Waals surface area contributed by atoms with Crippen molar-refractivity contribution in [1.82, 2.24) is 4.90 Å². The highest BCUT2D eigenvalue weighted by Crippen LogP contribution is 2.16. The topological polar surface area (TPSA) is 41.6 Å². The zero-order valence-corrected chi connectivity index (χ0v) is 11.5. The molecule has 0 saturated carbocycles. The Morgan fingerprint density at radius 3 is 2.89 bits per heavy atom. The smallest absolute Gasteiger partial charge is 0.226 e. The van der Waals surface area contributed by atoms with Gasteiger partial charge in [0.05, 0.1) is 13.0 Å². The van der Waals surface area contributed by atoms with E-state index in [-0.39, 0.29) is 5.91 Å². The number of ether oxygens (including phenoxy) is 1. The first-order valence-electron chi connectivity index (χ1n) is 6.88. The van der Waals surface area contributed by atoms with Crippen LogP contribution in [-0.2, 0) is 16.1 Å². The van der Waals surface area contributed by atoms with Crippen LogP contribution in [0.5, 0.6) is 0 Å². The minimum Gasteiger partial charge on any atom is -0.384 e. The summed E-state index contributed by atoms with van der Waals surface area (Å²) in [6.45, 7) is 3.80. The molecule has 0 atom stereocenters. The van der Waals surface area contributed by atoms with E-state index in [0.29, 0.717) is 13.0 Å². The maximum Gasteiger partial charge on any atom is 0.226 e. The second-order valence-corrected chi connectivity index (χ2v) is 4.97. The average molecular weight is 262 g/mol. The molecule has 1 amide bonds. The van der Waals surface area contributed by atoms with Gasteiger partial charge < -0.3 is 10.1 Å². The van der Waals surface area contributed by atoms with Crippen LogP contribution in [0.4, 0.5) is 5.69 Å². The first-order chi connectivity index (χ1) is 9.28. The highest BCUT2D eigenvalue weighted by molar-refractivity contribution is 5.90. The van der Waals surface area contributed by atoms with E-state index in [1.807, 2.05) is 12.1 Å². The van der Waals surface area contributed by atoms with Gasteiger partial charge in [0.1, 0.15) is 0 Å². The summed E-state index contributed by atoms with van der Waals surface area (Å²) in [5.74, 6) is 0.000160. The molecular formula is C15H22N2O2. The lowest BCUT2D eigenvalue weighted by molar-refractivity contribution is -0.117. The van der Waals surface area contributed by atoms with Gasteiger partial charge in [-0.15, -0.1) is 0 Å². The molecule has 19 heavy (non-hydrogen) atoms. The van der Waals surface area contributed by atoms with Crippen LogP contribution >= 0.6 is 0 Å². The fourth-order valence-electron chi connectivity index (χ4n) is 2.36. The van der Waals surface area contributed by atoms with Gasteiger partial charge in [0.15, 0.2) is 0 Å². The van der Waals surface area contributed by atoms with Crippen molar-refractivity contribution in [3.05, 3.63) is 29.8 Å². The Hall–Kier alpha value is -1.39. The predicted octanol–water partition coefficient (Wildman–Crippen LogP) is 2.26. The third-order valence-corrected chi connectivity index (χ3v) is 3.35. The third kappa shape index (κ3) is 4.65. The summed E-state index contributed by atoms with van der Waals surface area (Å²) in [7, 11) is 1.60. The number of likely N-dealkylation sites (tertiary alicyclic amines) is 1. The van der Waals surface area contributed by atoms with Crippen molar-refractivity contribution >= 4 is 11.6 Å². The third-order valence-electron chi connectivity index (χ3n) is 3.35. The lowest BCUT2D eigenvalue weighted by Gasteiger charge is -2.15. The number of anilines is 1. The maximum absolute atomic E-state index is 11.6. The van der Waals surface area contributed by atoms with E-state index in [4.69, 9.17) is 4.74 Å². The van der Waals surface area contributed by atoms with Gasteiger partial charge in [0, 0.05) is 19.3 Å². The summed E-state index contributed by atoms with van der Waals surface area (Å²) in [6, 6.07) is 8.10. The number of amides is 1. The lowest BCUT2D eigenvalue weighted by atomic mass is 10.2. The number of carbonyl (C=O) groups is 1. The second kappa shape index (κ2) is 7.26. The number of hydrogen-bond donors (Lipinski definition) is 1. The summed E-state index contributed by atoms with van der Waals surface area (Å²) in [5, 5.41) is 2.90. The fraction of sp³-hybridized carbons (Fsp3) is 0.533. The van der Waals surface area contributed by atoms with E-state index >= 15 is 0 Å². The van der Waals surface area contributed by atoms with Crippen LogP contribution in [0.2, 0.25) is 0 Å². The lowest BCUT2D eigenvalue weighted by Crippen LogP contribution is -2.18. The van der Waals surface area contributed by atoms with Gasteiger partial charge in [-0.05, 0) is 43.6 Å². The normalized spacial score (nSPS) is 15.6. The molecule has 2 rings (SSSR count). The van der Waals surface area contributed by atoms with Gasteiger partial charge in [0.2, 0.25) is 5.91 Å². The van der Waals surface area contributed by atoms with Gasteiger partial charge >= 0.3 is 0 Å². The number of hydrogen-bond acceptors (Lipinski definition) is 3. The molecule has 0 unspecified atom stereocenters. The molecule has 1 aliphatic rings. The molecule has 0 aliphatic carbocycles. The summed E-state index contributed by atoms with van der Waals surface area (Å²) in [4.78, 5) is 14.1. The molecule has 0 aromatic heterocycles. The molecule has 1 aromatic carbocycles. The van der Waals surface area contributed by atoms with Crippen molar-refractivity contribution < 1.29 is 9.53 Å². The first kappa shape index (κ1) is 14.0. The van der Waals surface area contributed by atoms with Crippen molar-refractivity contribution in [2.75, 3.05) is 32.1 Å². The van der Waals surface area contributed by atoms with Gasteiger partial charge in [0.25, 0.3) is 0 Å². The van der Waals surface area contributed by atoms with Crippen LogP contribution in [0.25, 0.3) is 0 Å². The quantitative estimate of drug-likeness (QED) is 0.855. The summed E-state index contributed by atoms with van der Waals surface area (Å²) in [6.07, 6.45) is 2.99. The Balaban J connectivity index is 1.88. The van der Waals surface area contributed by atoms with Crippen LogP contribution in [0.15, 0.2) is 24.3 Å². The van der Waals surface area contributed by atoms with E-state index in [1.165, 1.54) is 31.5 Å². The molecule has 0 radical (unpaired) electrons. The van der Waals surface area contributed by atoms with Crippen molar-refractivity contribution in [3.8, 4) is 0 Å². The first-order valence-corrected chi connectivity index (χ1v) is 6.88. The Kier molecular flexibility index (Phi) is 5.36. The van der Waals surface area contributed by atoms with Crippen LogP contribution in [0, 0.1) is 0 Å². The average Bonchev–Trinajstić information content (AvgIpc) is 2.89. The summed E-state index contributed by atoms with van der Waals surface area (Å²) < 4.78 is 4.90. The Bertz CT molecular complexity index is 414. The highest BCUT2D eigenvalue weighted by atomic mass is 16.5. The molecule has 4 nitrogen and oxygen atoms in total. The van der Waals surface area contributed by atoms with Crippen LogP contribution in [0.1, 0.15) is 24.8 Å². The Labute approximate surface area is 114 Å². The molecular weight excluding hydrogens is 240 g/mol. The molecule has 1 heterocycles. The Morgan fingerprint density at radius 2 is 2.16 bits per heavy atom. The predicted molar refractivity (Wildman–Crippen MR) is 76.1 cm³/mol. The van der Waals surface area contributed by atoms with Crippen molar-refractivity contribution in [3.63, 3.8) is 0 Å². The molecule has 1 aliphatic heterocycles. The van der Waals surface area contributed by atoms with Gasteiger partial charge in [-0.3, -0.25) is 9.69 Å². The van der Waals surface area contributed by atoms with Crippen LogP contribution in [0.3, 0.4) is 0 Å². The number of nitrogens with zero attached hydrogens (tertiary/aromatic N) is 1. The molecule has 0 bridgehead atoms. The maximum atomic E-state index is 11.6. The number of nitrogens with one attached hydrogen (secondary N) is 1. The fourth-order valence-corrected chi connectivity index (χ4v) is 2.36. The molecule has 4 heteroatoms. The van der Waals surface area contributed by atoms with Crippen molar-refractivity contribution in [1.29, 1.82) is 0 Å². The largest absolute Gasteiger partial charge is 0.384 e. The molecule has 0 spiro atoms. The minimum absolute atomic E-state index is 0.000160. The van der Waals surface area contributed by atoms with E-state index in [9.17, 15) is 4.79 Å². The molecule has 104 valence electrons. The Morgan fingerprint density at radius 1 is 1.37 bits per heavy atom. The zero-order chi connectivity index (χ0) is 13.5. The number of benzene rings is 1. The van der Waals surface area contributed by atoms with Gasteiger partial charge in [-0.2, -0.15) is 0 Å². The number of carbonyl (C=O) groups excluding carboxylic acids is 1. The minimum atomic E-state index is 0.000160. The van der Waals surface area contributed by atoms with E-state index in [2.05, 4.69) is 22.3 Å². The van der Waals surface area contributed by atoms with Crippen LogP contribution < -0.4 is 5.32 Å². The van der Waals surface area contributed by atoms with Gasteiger partial charge in [-0.1, -0.05) is 12.1 Å². The highest BCUT2D eigenvalue weighted by Gasteiger charge is 2.12. The van der Waals surface area contributed by atoms with Gasteiger partial charge in [-0.25, -0.2) is 0 Å². The summed E-state index contributed by atoms with van der Waals surface area (Å²) >= 11 is 0. The monoisotopic (exact) mass is 262 g/mol. The molecule has 1 N–H and O–H groups in total. The molecule has 1 fully saturated rings. The number of methoxy groups -OCH3 is 1. The van der Waals surface area contributed by atoms with E-state index in [1.54, 1.807) is 7.11 Å². The SMILES string of the molecule is COCCC(=O)Nc1cccc(CN2CCCC2)c1.